The molecule has 0 saturated carbocycles. The minimum absolute atomic E-state index is 0.210. The van der Waals surface area contributed by atoms with Crippen LogP contribution in [-0.4, -0.2) is 63.2 Å². The molecule has 2 aromatic carbocycles. The fourth-order valence-corrected chi connectivity index (χ4v) is 3.56. The molecule has 2 aromatic rings. The van der Waals surface area contributed by atoms with E-state index in [0.29, 0.717) is 18.0 Å². The van der Waals surface area contributed by atoms with Crippen LogP contribution in [-0.2, 0) is 17.8 Å². The summed E-state index contributed by atoms with van der Waals surface area (Å²) in [4.78, 5) is 2.09. The highest BCUT2D eigenvalue weighted by Gasteiger charge is 2.32. The molecule has 0 radical (unpaired) electrons. The lowest BCUT2D eigenvalue weighted by molar-refractivity contribution is -0.0991. The van der Waals surface area contributed by atoms with Gasteiger partial charge in [0, 0.05) is 31.6 Å². The van der Waals surface area contributed by atoms with E-state index in [2.05, 4.69) is 29.3 Å². The van der Waals surface area contributed by atoms with E-state index in [1.54, 1.807) is 7.11 Å². The lowest BCUT2D eigenvalue weighted by Crippen LogP contribution is -2.47. The highest BCUT2D eigenvalue weighted by molar-refractivity contribution is 5.43. The second kappa shape index (κ2) is 10.8. The van der Waals surface area contributed by atoms with Crippen molar-refractivity contribution >= 4 is 0 Å². The molecule has 164 valence electrons. The van der Waals surface area contributed by atoms with Gasteiger partial charge in [0.1, 0.15) is 12.7 Å². The smallest absolute Gasteiger partial charge is 0.161 e. The molecule has 0 spiro atoms. The van der Waals surface area contributed by atoms with Gasteiger partial charge in [-0.2, -0.15) is 0 Å². The van der Waals surface area contributed by atoms with Crippen LogP contribution in [0.15, 0.2) is 48.5 Å². The molecule has 2 N–H and O–H groups in total. The van der Waals surface area contributed by atoms with Gasteiger partial charge in [0.05, 0.1) is 20.3 Å². The molecular weight excluding hydrogens is 380 g/mol. The van der Waals surface area contributed by atoms with Gasteiger partial charge < -0.3 is 24.6 Å². The highest BCUT2D eigenvalue weighted by atomic mass is 16.5. The number of aliphatic hydroxyl groups is 1. The van der Waals surface area contributed by atoms with Crippen molar-refractivity contribution in [2.24, 2.45) is 5.41 Å². The molecule has 0 amide bonds. The maximum atomic E-state index is 10.4. The Morgan fingerprint density at radius 2 is 1.90 bits per heavy atom. The first-order valence-corrected chi connectivity index (χ1v) is 10.5. The predicted octanol–water partition coefficient (Wildman–Crippen LogP) is 2.69. The third kappa shape index (κ3) is 6.71. The zero-order valence-corrected chi connectivity index (χ0v) is 18.3. The van der Waals surface area contributed by atoms with Crippen LogP contribution in [0.2, 0.25) is 0 Å². The fourth-order valence-electron chi connectivity index (χ4n) is 3.56. The summed E-state index contributed by atoms with van der Waals surface area (Å²) in [7, 11) is 3.62. The predicted molar refractivity (Wildman–Crippen MR) is 118 cm³/mol. The molecule has 0 aliphatic carbocycles. The number of nitrogens with one attached hydrogen (secondary N) is 1. The molecule has 1 fully saturated rings. The van der Waals surface area contributed by atoms with Gasteiger partial charge in [0.15, 0.2) is 11.5 Å². The summed E-state index contributed by atoms with van der Waals surface area (Å²) in [5.41, 5.74) is 2.57. The summed E-state index contributed by atoms with van der Waals surface area (Å²) in [6.07, 6.45) is -0.594. The monoisotopic (exact) mass is 414 g/mol. The van der Waals surface area contributed by atoms with Crippen molar-refractivity contribution in [3.8, 4) is 11.5 Å². The summed E-state index contributed by atoms with van der Waals surface area (Å²) in [6, 6.07) is 16.1. The Hall–Kier alpha value is -2.12. The van der Waals surface area contributed by atoms with Gasteiger partial charge in [-0.1, -0.05) is 43.3 Å². The van der Waals surface area contributed by atoms with Crippen molar-refractivity contribution in [3.05, 3.63) is 59.7 Å². The van der Waals surface area contributed by atoms with E-state index >= 15 is 0 Å². The molecular formula is C24H34N2O4. The molecule has 1 heterocycles. The second-order valence-corrected chi connectivity index (χ2v) is 8.54. The first-order valence-electron chi connectivity index (χ1n) is 10.5. The van der Waals surface area contributed by atoms with Gasteiger partial charge in [-0.3, -0.25) is 4.90 Å². The van der Waals surface area contributed by atoms with Crippen LogP contribution in [0.4, 0.5) is 0 Å². The summed E-state index contributed by atoms with van der Waals surface area (Å²) >= 11 is 0. The Bertz CT molecular complexity index is 780. The third-order valence-corrected chi connectivity index (χ3v) is 5.26. The first kappa shape index (κ1) is 22.6. The van der Waals surface area contributed by atoms with E-state index in [1.165, 1.54) is 5.56 Å². The molecule has 1 atom stereocenters. The van der Waals surface area contributed by atoms with Crippen LogP contribution in [0.25, 0.3) is 0 Å². The number of methoxy groups -OCH3 is 1. The number of rotatable bonds is 12. The maximum absolute atomic E-state index is 10.4. The lowest BCUT2D eigenvalue weighted by atomic mass is 9.89. The number of nitrogens with zero attached hydrogens (tertiary/aromatic N) is 1. The molecule has 0 unspecified atom stereocenters. The fraction of sp³-hybridized carbons (Fsp3) is 0.500. The minimum Gasteiger partial charge on any atom is -0.493 e. The number of ether oxygens (including phenoxy) is 3. The van der Waals surface area contributed by atoms with Gasteiger partial charge in [-0.05, 0) is 30.3 Å². The molecule has 0 aromatic heterocycles. The molecule has 30 heavy (non-hydrogen) atoms. The zero-order chi connectivity index (χ0) is 21.4. The van der Waals surface area contributed by atoms with Crippen molar-refractivity contribution in [3.63, 3.8) is 0 Å². The Balaban J connectivity index is 1.47. The zero-order valence-electron chi connectivity index (χ0n) is 18.3. The molecule has 6 nitrogen and oxygen atoms in total. The average Bonchev–Trinajstić information content (AvgIpc) is 2.71. The Morgan fingerprint density at radius 1 is 1.13 bits per heavy atom. The topological polar surface area (TPSA) is 63.2 Å². The lowest BCUT2D eigenvalue weighted by Gasteiger charge is -2.38. The third-order valence-electron chi connectivity index (χ3n) is 5.26. The van der Waals surface area contributed by atoms with E-state index in [9.17, 15) is 5.11 Å². The second-order valence-electron chi connectivity index (χ2n) is 8.54. The van der Waals surface area contributed by atoms with Gasteiger partial charge >= 0.3 is 0 Å². The largest absolute Gasteiger partial charge is 0.493 e. The van der Waals surface area contributed by atoms with Crippen molar-refractivity contribution in [1.29, 1.82) is 0 Å². The Kier molecular flexibility index (Phi) is 8.10. The first-order chi connectivity index (χ1) is 14.5. The maximum Gasteiger partial charge on any atom is 0.161 e. The Morgan fingerprint density at radius 3 is 2.57 bits per heavy atom. The number of likely N-dealkylation sites (N-methyl/N-ethyl adjacent to an activating group) is 1. The molecule has 1 aliphatic heterocycles. The standard InChI is InChI=1S/C24H34N2O4/c1-24(17-29-18-24)16-25-12-20-9-10-22(28-3)23(11-20)30-15-21(27)14-26(2)13-19-7-5-4-6-8-19/h4-11,21,25,27H,12-18H2,1-3H3/t21-/m1/s1. The summed E-state index contributed by atoms with van der Waals surface area (Å²) in [5.74, 6) is 1.32. The highest BCUT2D eigenvalue weighted by Crippen LogP contribution is 2.29. The summed E-state index contributed by atoms with van der Waals surface area (Å²) < 4.78 is 16.6. The number of hydrogen-bond donors (Lipinski definition) is 2. The van der Waals surface area contributed by atoms with E-state index in [-0.39, 0.29) is 12.0 Å². The van der Waals surface area contributed by atoms with E-state index in [0.717, 1.165) is 38.4 Å². The summed E-state index contributed by atoms with van der Waals surface area (Å²) in [6.45, 7) is 7.04. The van der Waals surface area contributed by atoms with Gasteiger partial charge in [-0.15, -0.1) is 0 Å². The van der Waals surface area contributed by atoms with Crippen LogP contribution in [0, 0.1) is 5.41 Å². The SMILES string of the molecule is COc1ccc(CNCC2(C)COC2)cc1OC[C@H](O)CN(C)Cc1ccccc1. The minimum atomic E-state index is -0.594. The molecule has 1 aliphatic rings. The van der Waals surface area contributed by atoms with Crippen LogP contribution >= 0.6 is 0 Å². The van der Waals surface area contributed by atoms with Gasteiger partial charge in [-0.25, -0.2) is 0 Å². The van der Waals surface area contributed by atoms with Gasteiger partial charge in [0.25, 0.3) is 0 Å². The molecule has 3 rings (SSSR count). The normalized spacial score (nSPS) is 16.2. The Labute approximate surface area is 179 Å². The van der Waals surface area contributed by atoms with E-state index in [1.807, 2.05) is 43.4 Å². The quantitative estimate of drug-likeness (QED) is 0.557. The van der Waals surface area contributed by atoms with E-state index in [4.69, 9.17) is 14.2 Å². The number of hydrogen-bond acceptors (Lipinski definition) is 6. The van der Waals surface area contributed by atoms with Crippen molar-refractivity contribution in [2.75, 3.05) is 47.1 Å². The average molecular weight is 415 g/mol. The molecule has 0 bridgehead atoms. The van der Waals surface area contributed by atoms with Crippen LogP contribution < -0.4 is 14.8 Å². The molecule has 6 heteroatoms. The van der Waals surface area contributed by atoms with Crippen LogP contribution in [0.5, 0.6) is 11.5 Å². The van der Waals surface area contributed by atoms with Crippen LogP contribution in [0.3, 0.4) is 0 Å². The number of aliphatic hydroxyl groups excluding tert-OH is 1. The van der Waals surface area contributed by atoms with E-state index < -0.39 is 6.10 Å². The van der Waals surface area contributed by atoms with Crippen molar-refractivity contribution in [2.45, 2.75) is 26.1 Å². The van der Waals surface area contributed by atoms with Crippen LogP contribution in [0.1, 0.15) is 18.1 Å². The number of benzene rings is 2. The summed E-state index contributed by atoms with van der Waals surface area (Å²) in [5, 5.41) is 13.9. The van der Waals surface area contributed by atoms with Gasteiger partial charge in [0.2, 0.25) is 0 Å². The van der Waals surface area contributed by atoms with Crippen molar-refractivity contribution < 1.29 is 19.3 Å². The molecule has 1 saturated heterocycles. The van der Waals surface area contributed by atoms with Crippen molar-refractivity contribution in [1.82, 2.24) is 10.2 Å².